The van der Waals surface area contributed by atoms with Crippen LogP contribution in [0.3, 0.4) is 0 Å². The fourth-order valence-corrected chi connectivity index (χ4v) is 1.41. The molecule has 1 fully saturated rings. The van der Waals surface area contributed by atoms with Crippen LogP contribution >= 0.6 is 0 Å². The molecule has 1 aromatic rings. The van der Waals surface area contributed by atoms with Gasteiger partial charge in [0, 0.05) is 0 Å². The summed E-state index contributed by atoms with van der Waals surface area (Å²) in [5.74, 6) is 0. The standard InChI is InChI=1S/C12H16O2/c1-2-10-4-3-5-11(6-10)7-13-8-12-9-14-12/h3-6,12H,2,7-9H2,1H3. The Bertz CT molecular complexity index is 292. The number of hydrogen-bond acceptors (Lipinski definition) is 2. The molecule has 1 saturated heterocycles. The maximum Gasteiger partial charge on any atom is 0.104 e. The van der Waals surface area contributed by atoms with Crippen LogP contribution in [-0.2, 0) is 22.5 Å². The molecule has 0 saturated carbocycles. The molecule has 0 aliphatic carbocycles. The smallest absolute Gasteiger partial charge is 0.104 e. The van der Waals surface area contributed by atoms with Crippen LogP contribution in [0, 0.1) is 0 Å². The maximum atomic E-state index is 5.52. The van der Waals surface area contributed by atoms with Crippen LogP contribution in [0.2, 0.25) is 0 Å². The van der Waals surface area contributed by atoms with Crippen LogP contribution in [-0.4, -0.2) is 19.3 Å². The molecule has 0 aromatic heterocycles. The lowest BCUT2D eigenvalue weighted by molar-refractivity contribution is 0.104. The monoisotopic (exact) mass is 192 g/mol. The van der Waals surface area contributed by atoms with E-state index in [9.17, 15) is 0 Å². The van der Waals surface area contributed by atoms with E-state index in [1.807, 2.05) is 0 Å². The minimum atomic E-state index is 0.365. The van der Waals surface area contributed by atoms with Crippen molar-refractivity contribution in [2.45, 2.75) is 26.1 Å². The van der Waals surface area contributed by atoms with Crippen molar-refractivity contribution in [2.24, 2.45) is 0 Å². The normalized spacial score (nSPS) is 19.6. The lowest BCUT2D eigenvalue weighted by Gasteiger charge is -2.04. The Morgan fingerprint density at radius 3 is 2.93 bits per heavy atom. The van der Waals surface area contributed by atoms with Gasteiger partial charge in [0.25, 0.3) is 0 Å². The van der Waals surface area contributed by atoms with Crippen LogP contribution < -0.4 is 0 Å². The summed E-state index contributed by atoms with van der Waals surface area (Å²) in [6.07, 6.45) is 1.45. The first-order chi connectivity index (χ1) is 6.88. The van der Waals surface area contributed by atoms with E-state index in [0.717, 1.165) is 19.6 Å². The number of rotatable bonds is 5. The number of benzene rings is 1. The summed E-state index contributed by atoms with van der Waals surface area (Å²) >= 11 is 0. The van der Waals surface area contributed by atoms with Crippen LogP contribution in [0.25, 0.3) is 0 Å². The molecular weight excluding hydrogens is 176 g/mol. The average molecular weight is 192 g/mol. The van der Waals surface area contributed by atoms with Gasteiger partial charge in [0.15, 0.2) is 0 Å². The Labute approximate surface area is 84.8 Å². The van der Waals surface area contributed by atoms with E-state index in [-0.39, 0.29) is 0 Å². The minimum Gasteiger partial charge on any atom is -0.374 e. The van der Waals surface area contributed by atoms with Gasteiger partial charge in [-0.3, -0.25) is 0 Å². The van der Waals surface area contributed by atoms with Gasteiger partial charge in [0.05, 0.1) is 19.8 Å². The zero-order chi connectivity index (χ0) is 9.80. The number of epoxide rings is 1. The quantitative estimate of drug-likeness (QED) is 0.667. The predicted octanol–water partition coefficient (Wildman–Crippen LogP) is 2.16. The molecule has 1 heterocycles. The zero-order valence-corrected chi connectivity index (χ0v) is 8.53. The summed E-state index contributed by atoms with van der Waals surface area (Å²) in [7, 11) is 0. The lowest BCUT2D eigenvalue weighted by atomic mass is 10.1. The highest BCUT2D eigenvalue weighted by atomic mass is 16.6. The van der Waals surface area contributed by atoms with Gasteiger partial charge < -0.3 is 9.47 Å². The molecule has 0 amide bonds. The van der Waals surface area contributed by atoms with Gasteiger partial charge in [-0.2, -0.15) is 0 Å². The van der Waals surface area contributed by atoms with E-state index in [0.29, 0.717) is 12.7 Å². The SMILES string of the molecule is CCc1cccc(COCC2CO2)c1. The Morgan fingerprint density at radius 2 is 2.21 bits per heavy atom. The molecule has 1 atom stereocenters. The third kappa shape index (κ3) is 2.82. The molecule has 1 unspecified atom stereocenters. The molecular formula is C12H16O2. The van der Waals surface area contributed by atoms with E-state index in [1.165, 1.54) is 11.1 Å². The molecule has 2 heteroatoms. The fourth-order valence-electron chi connectivity index (χ4n) is 1.41. The predicted molar refractivity (Wildman–Crippen MR) is 55.2 cm³/mol. The highest BCUT2D eigenvalue weighted by Gasteiger charge is 2.22. The first-order valence-corrected chi connectivity index (χ1v) is 5.15. The molecule has 0 bridgehead atoms. The summed E-state index contributed by atoms with van der Waals surface area (Å²) < 4.78 is 10.6. The second-order valence-corrected chi connectivity index (χ2v) is 3.64. The molecule has 0 spiro atoms. The second kappa shape index (κ2) is 4.58. The summed E-state index contributed by atoms with van der Waals surface area (Å²) in [5.41, 5.74) is 2.62. The van der Waals surface area contributed by atoms with E-state index in [1.54, 1.807) is 0 Å². The second-order valence-electron chi connectivity index (χ2n) is 3.64. The van der Waals surface area contributed by atoms with Crippen LogP contribution in [0.15, 0.2) is 24.3 Å². The first kappa shape index (κ1) is 9.69. The van der Waals surface area contributed by atoms with Gasteiger partial charge in [0.2, 0.25) is 0 Å². The molecule has 2 nitrogen and oxygen atoms in total. The number of hydrogen-bond donors (Lipinski definition) is 0. The summed E-state index contributed by atoms with van der Waals surface area (Å²) in [6, 6.07) is 8.54. The van der Waals surface area contributed by atoms with Gasteiger partial charge in [-0.15, -0.1) is 0 Å². The molecule has 0 radical (unpaired) electrons. The molecule has 14 heavy (non-hydrogen) atoms. The van der Waals surface area contributed by atoms with Crippen LogP contribution in [0.5, 0.6) is 0 Å². The summed E-state index contributed by atoms with van der Waals surface area (Å²) in [4.78, 5) is 0. The Balaban J connectivity index is 1.81. The average Bonchev–Trinajstić information content (AvgIpc) is 3.02. The van der Waals surface area contributed by atoms with Gasteiger partial charge in [-0.1, -0.05) is 31.2 Å². The third-order valence-corrected chi connectivity index (χ3v) is 2.37. The topological polar surface area (TPSA) is 21.8 Å². The fraction of sp³-hybridized carbons (Fsp3) is 0.500. The highest BCUT2D eigenvalue weighted by Crippen LogP contribution is 2.11. The van der Waals surface area contributed by atoms with Crippen molar-refractivity contribution in [3.8, 4) is 0 Å². The number of aryl methyl sites for hydroxylation is 1. The largest absolute Gasteiger partial charge is 0.374 e. The highest BCUT2D eigenvalue weighted by molar-refractivity contribution is 5.22. The van der Waals surface area contributed by atoms with Crippen molar-refractivity contribution in [2.75, 3.05) is 13.2 Å². The minimum absolute atomic E-state index is 0.365. The van der Waals surface area contributed by atoms with Crippen LogP contribution in [0.1, 0.15) is 18.1 Å². The first-order valence-electron chi connectivity index (χ1n) is 5.15. The van der Waals surface area contributed by atoms with Crippen LogP contribution in [0.4, 0.5) is 0 Å². The Hall–Kier alpha value is -0.860. The van der Waals surface area contributed by atoms with Gasteiger partial charge in [-0.25, -0.2) is 0 Å². The molecule has 2 rings (SSSR count). The molecule has 1 aliphatic heterocycles. The van der Waals surface area contributed by atoms with Crippen molar-refractivity contribution in [1.82, 2.24) is 0 Å². The van der Waals surface area contributed by atoms with Crippen molar-refractivity contribution in [1.29, 1.82) is 0 Å². The lowest BCUT2D eigenvalue weighted by Crippen LogP contribution is -2.01. The molecule has 76 valence electrons. The van der Waals surface area contributed by atoms with Gasteiger partial charge in [-0.05, 0) is 17.5 Å². The van der Waals surface area contributed by atoms with E-state index in [4.69, 9.17) is 9.47 Å². The summed E-state index contributed by atoms with van der Waals surface area (Å²) in [6.45, 7) is 4.47. The van der Waals surface area contributed by atoms with Gasteiger partial charge >= 0.3 is 0 Å². The van der Waals surface area contributed by atoms with Crippen molar-refractivity contribution >= 4 is 0 Å². The van der Waals surface area contributed by atoms with E-state index >= 15 is 0 Å². The Morgan fingerprint density at radius 1 is 1.43 bits per heavy atom. The van der Waals surface area contributed by atoms with Crippen molar-refractivity contribution in [3.05, 3.63) is 35.4 Å². The van der Waals surface area contributed by atoms with E-state index in [2.05, 4.69) is 31.2 Å². The van der Waals surface area contributed by atoms with Gasteiger partial charge in [0.1, 0.15) is 6.10 Å². The van der Waals surface area contributed by atoms with E-state index < -0.39 is 0 Å². The zero-order valence-electron chi connectivity index (χ0n) is 8.53. The maximum absolute atomic E-state index is 5.52. The molecule has 1 aliphatic rings. The molecule has 1 aromatic carbocycles. The Kier molecular flexibility index (Phi) is 3.17. The van der Waals surface area contributed by atoms with Crippen molar-refractivity contribution < 1.29 is 9.47 Å². The summed E-state index contributed by atoms with van der Waals surface area (Å²) in [5, 5.41) is 0. The van der Waals surface area contributed by atoms with Crippen molar-refractivity contribution in [3.63, 3.8) is 0 Å². The number of ether oxygens (including phenoxy) is 2. The molecule has 0 N–H and O–H groups in total. The third-order valence-electron chi connectivity index (χ3n) is 2.37.